The molecule has 10 heteroatoms. The van der Waals surface area contributed by atoms with Crippen molar-refractivity contribution in [2.24, 2.45) is 0 Å². The molecule has 0 bridgehead atoms. The number of rotatable bonds is 5. The van der Waals surface area contributed by atoms with Gasteiger partial charge in [0.2, 0.25) is 5.95 Å². The first-order chi connectivity index (χ1) is 16.6. The number of carbonyl (C=O) groups is 1. The summed E-state index contributed by atoms with van der Waals surface area (Å²) in [6.45, 7) is 3.54. The van der Waals surface area contributed by atoms with Crippen molar-refractivity contribution in [1.29, 1.82) is 0 Å². The lowest BCUT2D eigenvalue weighted by atomic mass is 9.98. The maximum atomic E-state index is 13.4. The van der Waals surface area contributed by atoms with Crippen LogP contribution in [0.5, 0.6) is 0 Å². The molecule has 182 valence electrons. The number of nitrogens with zero attached hydrogens (tertiary/aromatic N) is 3. The number of carbonyl (C=O) groups excluding carboxylic acids is 1. The normalized spacial score (nSPS) is 21.7. The van der Waals surface area contributed by atoms with E-state index in [9.17, 15) is 4.79 Å². The van der Waals surface area contributed by atoms with Gasteiger partial charge in [-0.15, -0.1) is 0 Å². The molecule has 2 unspecified atom stereocenters. The average molecular weight is 505 g/mol. The third-order valence-electron chi connectivity index (χ3n) is 6.87. The van der Waals surface area contributed by atoms with Crippen LogP contribution in [0.1, 0.15) is 48.5 Å². The maximum Gasteiger partial charge on any atom is 0.318 e. The fourth-order valence-corrected chi connectivity index (χ4v) is 5.22. The van der Waals surface area contributed by atoms with Gasteiger partial charge in [0.1, 0.15) is 0 Å². The molecule has 5 rings (SSSR count). The number of halogens is 2. The Morgan fingerprint density at radius 1 is 1.21 bits per heavy atom. The average Bonchev–Trinajstić information content (AvgIpc) is 3.39. The molecule has 1 aromatic heterocycles. The van der Waals surface area contributed by atoms with Crippen molar-refractivity contribution in [2.45, 2.75) is 56.8 Å². The van der Waals surface area contributed by atoms with Gasteiger partial charge < -0.3 is 25.6 Å². The maximum absolute atomic E-state index is 13.4. The molecule has 2 atom stereocenters. The quantitative estimate of drug-likeness (QED) is 0.571. The highest BCUT2D eigenvalue weighted by molar-refractivity contribution is 6.42. The van der Waals surface area contributed by atoms with Crippen LogP contribution in [-0.4, -0.2) is 59.3 Å². The SMILES string of the molecule is O=C(NC(c1ccc(Cl)c(Cl)c1)C1CCCN1)N1CCc2cnc(NC3CCOCC3)nc2C1. The smallest absolute Gasteiger partial charge is 0.318 e. The lowest BCUT2D eigenvalue weighted by Crippen LogP contribution is -2.48. The summed E-state index contributed by atoms with van der Waals surface area (Å²) in [5.41, 5.74) is 2.95. The standard InChI is InChI=1S/C24H30Cl2N6O2/c25-18-4-3-15(12-19(18)26)22(20-2-1-8-27-20)31-24(33)32-9-5-16-13-28-23(30-21(16)14-32)29-17-6-10-34-11-7-17/h3-4,12-13,17,20,22,27H,1-2,5-11,14H2,(H,31,33)(H,28,29,30). The zero-order chi connectivity index (χ0) is 23.5. The van der Waals surface area contributed by atoms with Crippen molar-refractivity contribution >= 4 is 35.2 Å². The van der Waals surface area contributed by atoms with Crippen LogP contribution in [0, 0.1) is 0 Å². The van der Waals surface area contributed by atoms with Crippen LogP contribution in [0.25, 0.3) is 0 Å². The summed E-state index contributed by atoms with van der Waals surface area (Å²) in [6.07, 6.45) is 6.58. The van der Waals surface area contributed by atoms with Gasteiger partial charge >= 0.3 is 6.03 Å². The van der Waals surface area contributed by atoms with Gasteiger partial charge in [0.05, 0.1) is 28.3 Å². The number of anilines is 1. The Balaban J connectivity index is 1.28. The van der Waals surface area contributed by atoms with Crippen LogP contribution in [0.3, 0.4) is 0 Å². The summed E-state index contributed by atoms with van der Waals surface area (Å²) in [7, 11) is 0. The molecule has 3 aliphatic heterocycles. The molecule has 34 heavy (non-hydrogen) atoms. The van der Waals surface area contributed by atoms with Gasteiger partial charge in [-0.3, -0.25) is 0 Å². The third kappa shape index (κ3) is 5.40. The Morgan fingerprint density at radius 3 is 2.82 bits per heavy atom. The van der Waals surface area contributed by atoms with E-state index in [1.807, 2.05) is 23.2 Å². The van der Waals surface area contributed by atoms with E-state index in [-0.39, 0.29) is 18.1 Å². The van der Waals surface area contributed by atoms with E-state index in [1.165, 1.54) is 0 Å². The molecule has 4 heterocycles. The summed E-state index contributed by atoms with van der Waals surface area (Å²) >= 11 is 12.4. The number of aromatic nitrogens is 2. The summed E-state index contributed by atoms with van der Waals surface area (Å²) in [5, 5.41) is 11.2. The number of hydrogen-bond acceptors (Lipinski definition) is 6. The summed E-state index contributed by atoms with van der Waals surface area (Å²) in [6, 6.07) is 5.74. The van der Waals surface area contributed by atoms with Gasteiger partial charge in [0.25, 0.3) is 0 Å². The number of amides is 2. The summed E-state index contributed by atoms with van der Waals surface area (Å²) in [4.78, 5) is 24.4. The van der Waals surface area contributed by atoms with E-state index in [0.717, 1.165) is 68.7 Å². The third-order valence-corrected chi connectivity index (χ3v) is 7.61. The van der Waals surface area contributed by atoms with Crippen LogP contribution in [0.2, 0.25) is 10.0 Å². The molecule has 3 aliphatic rings. The largest absolute Gasteiger partial charge is 0.381 e. The fourth-order valence-electron chi connectivity index (χ4n) is 4.91. The van der Waals surface area contributed by atoms with E-state index in [1.54, 1.807) is 6.07 Å². The van der Waals surface area contributed by atoms with E-state index in [4.69, 9.17) is 32.9 Å². The molecule has 3 N–H and O–H groups in total. The molecule has 1 aromatic carbocycles. The minimum absolute atomic E-state index is 0.104. The number of benzene rings is 1. The van der Waals surface area contributed by atoms with Gasteiger partial charge in [-0.25, -0.2) is 14.8 Å². The van der Waals surface area contributed by atoms with Gasteiger partial charge in [-0.2, -0.15) is 0 Å². The van der Waals surface area contributed by atoms with Crippen molar-refractivity contribution in [1.82, 2.24) is 25.5 Å². The fraction of sp³-hybridized carbons (Fsp3) is 0.542. The topological polar surface area (TPSA) is 91.4 Å². The Bertz CT molecular complexity index is 1030. The monoisotopic (exact) mass is 504 g/mol. The van der Waals surface area contributed by atoms with Crippen LogP contribution >= 0.6 is 23.2 Å². The Hall–Kier alpha value is -2.13. The molecule has 2 aromatic rings. The molecule has 8 nitrogen and oxygen atoms in total. The highest BCUT2D eigenvalue weighted by Crippen LogP contribution is 2.30. The van der Waals surface area contributed by atoms with Crippen molar-refractivity contribution in [3.05, 3.63) is 51.3 Å². The molecular formula is C24H30Cl2N6O2. The van der Waals surface area contributed by atoms with Gasteiger partial charge in [-0.05, 0) is 61.9 Å². The van der Waals surface area contributed by atoms with E-state index < -0.39 is 0 Å². The number of urea groups is 1. The van der Waals surface area contributed by atoms with E-state index in [0.29, 0.717) is 35.1 Å². The van der Waals surface area contributed by atoms with Gasteiger partial charge in [0, 0.05) is 38.0 Å². The first-order valence-electron chi connectivity index (χ1n) is 12.0. The summed E-state index contributed by atoms with van der Waals surface area (Å²) < 4.78 is 5.43. The highest BCUT2D eigenvalue weighted by Gasteiger charge is 2.31. The number of ether oxygens (including phenoxy) is 1. The van der Waals surface area contributed by atoms with Crippen LogP contribution in [0.4, 0.5) is 10.7 Å². The Kier molecular flexibility index (Phi) is 7.39. The first kappa shape index (κ1) is 23.6. The second kappa shape index (κ2) is 10.6. The predicted octanol–water partition coefficient (Wildman–Crippen LogP) is 3.94. The second-order valence-corrected chi connectivity index (χ2v) is 9.99. The number of hydrogen-bond donors (Lipinski definition) is 3. The Morgan fingerprint density at radius 2 is 2.06 bits per heavy atom. The molecule has 0 aliphatic carbocycles. The molecular weight excluding hydrogens is 475 g/mol. The second-order valence-electron chi connectivity index (χ2n) is 9.17. The predicted molar refractivity (Wildman–Crippen MR) is 132 cm³/mol. The Labute approximate surface area is 209 Å². The molecule has 0 saturated carbocycles. The van der Waals surface area contributed by atoms with Crippen LogP contribution < -0.4 is 16.0 Å². The molecule has 2 saturated heterocycles. The minimum Gasteiger partial charge on any atom is -0.381 e. The van der Waals surface area contributed by atoms with Crippen molar-refractivity contribution < 1.29 is 9.53 Å². The van der Waals surface area contributed by atoms with E-state index in [2.05, 4.69) is 20.9 Å². The number of fused-ring (bicyclic) bond motifs is 1. The first-order valence-corrected chi connectivity index (χ1v) is 12.8. The van der Waals surface area contributed by atoms with Gasteiger partial charge in [-0.1, -0.05) is 29.3 Å². The van der Waals surface area contributed by atoms with Crippen LogP contribution in [-0.2, 0) is 17.7 Å². The van der Waals surface area contributed by atoms with Crippen molar-refractivity contribution in [3.63, 3.8) is 0 Å². The lowest BCUT2D eigenvalue weighted by Gasteiger charge is -2.32. The van der Waals surface area contributed by atoms with E-state index >= 15 is 0 Å². The molecule has 2 fully saturated rings. The molecule has 0 radical (unpaired) electrons. The van der Waals surface area contributed by atoms with Crippen molar-refractivity contribution in [2.75, 3.05) is 31.6 Å². The molecule has 2 amide bonds. The zero-order valence-electron chi connectivity index (χ0n) is 19.0. The highest BCUT2D eigenvalue weighted by atomic mass is 35.5. The summed E-state index contributed by atoms with van der Waals surface area (Å²) in [5.74, 6) is 0.622. The van der Waals surface area contributed by atoms with Gasteiger partial charge in [0.15, 0.2) is 0 Å². The van der Waals surface area contributed by atoms with Crippen molar-refractivity contribution in [3.8, 4) is 0 Å². The molecule has 0 spiro atoms. The lowest BCUT2D eigenvalue weighted by molar-refractivity contribution is 0.0903. The number of nitrogens with one attached hydrogen (secondary N) is 3. The minimum atomic E-state index is -0.192. The van der Waals surface area contributed by atoms with Crippen LogP contribution in [0.15, 0.2) is 24.4 Å². The zero-order valence-corrected chi connectivity index (χ0v) is 20.5.